The second kappa shape index (κ2) is 12.9. The average Bonchev–Trinajstić information content (AvgIpc) is 2.80. The van der Waals surface area contributed by atoms with E-state index in [9.17, 15) is 24.3 Å². The van der Waals surface area contributed by atoms with Gasteiger partial charge in [-0.2, -0.15) is 4.57 Å². The van der Waals surface area contributed by atoms with Crippen LogP contribution in [0.4, 0.5) is 4.79 Å². The van der Waals surface area contributed by atoms with Gasteiger partial charge in [0.15, 0.2) is 12.4 Å². The van der Waals surface area contributed by atoms with E-state index in [1.807, 2.05) is 37.3 Å². The molecule has 2 rings (SSSR count). The Balaban J connectivity index is 1.81. The van der Waals surface area contributed by atoms with Crippen molar-refractivity contribution in [2.75, 3.05) is 0 Å². The maximum atomic E-state index is 12.4. The average molecular weight is 474 g/mol. The van der Waals surface area contributed by atoms with Crippen LogP contribution >= 0.6 is 0 Å². The molecule has 0 saturated carbocycles. The zero-order chi connectivity index (χ0) is 25.1. The summed E-state index contributed by atoms with van der Waals surface area (Å²) in [7, 11) is 0. The number of alkyl carbamates (subject to hydrolysis) is 1. The summed E-state index contributed by atoms with van der Waals surface area (Å²) in [6, 6.07) is 9.98. The highest BCUT2D eigenvalue weighted by molar-refractivity contribution is 5.96. The molecule has 6 N–H and O–H groups in total. The Hall–Kier alpha value is -3.99. The molecule has 11 heteroatoms. The third-order valence-corrected chi connectivity index (χ3v) is 4.93. The Kier molecular flexibility index (Phi) is 9.96. The van der Waals surface area contributed by atoms with Crippen LogP contribution in [0.2, 0.25) is 0 Å². The van der Waals surface area contributed by atoms with Gasteiger partial charge in [0, 0.05) is 18.2 Å². The van der Waals surface area contributed by atoms with Gasteiger partial charge in [0.2, 0.25) is 0 Å². The first kappa shape index (κ1) is 26.3. The van der Waals surface area contributed by atoms with E-state index in [0.717, 1.165) is 5.56 Å². The van der Waals surface area contributed by atoms with Crippen molar-refractivity contribution in [1.29, 1.82) is 0 Å². The van der Waals surface area contributed by atoms with E-state index in [1.165, 1.54) is 29.1 Å². The Morgan fingerprint density at radius 3 is 2.21 bits per heavy atom. The van der Waals surface area contributed by atoms with E-state index in [0.29, 0.717) is 6.42 Å². The van der Waals surface area contributed by atoms with E-state index in [4.69, 9.17) is 15.6 Å². The minimum atomic E-state index is -1.29. The molecule has 1 aromatic carbocycles. The Labute approximate surface area is 196 Å². The summed E-state index contributed by atoms with van der Waals surface area (Å²) in [5.41, 5.74) is 6.66. The number of aliphatic carboxylic acids is 2. The van der Waals surface area contributed by atoms with Crippen molar-refractivity contribution >= 4 is 23.9 Å². The Morgan fingerprint density at radius 1 is 0.971 bits per heavy atom. The number of nitrogens with zero attached hydrogens (tertiary/aromatic N) is 1. The van der Waals surface area contributed by atoms with Crippen LogP contribution in [0.1, 0.15) is 35.7 Å². The minimum Gasteiger partial charge on any atom is -0.480 e. The van der Waals surface area contributed by atoms with Gasteiger partial charge in [-0.15, -0.1) is 0 Å². The maximum absolute atomic E-state index is 12.4. The van der Waals surface area contributed by atoms with Gasteiger partial charge in [-0.1, -0.05) is 30.3 Å². The number of nitrogens with two attached hydrogens (primary N) is 1. The summed E-state index contributed by atoms with van der Waals surface area (Å²) in [4.78, 5) is 46.5. The number of hydrogen-bond acceptors (Lipinski definition) is 6. The van der Waals surface area contributed by atoms with E-state index < -0.39 is 36.0 Å². The predicted octanol–water partition coefficient (Wildman–Crippen LogP) is 0.664. The normalized spacial score (nSPS) is 13.2. The quantitative estimate of drug-likeness (QED) is 0.280. The highest BCUT2D eigenvalue weighted by Gasteiger charge is 2.23. The zero-order valence-electron chi connectivity index (χ0n) is 18.7. The smallest absolute Gasteiger partial charge is 0.412 e. The number of carbonyl (C=O) groups excluding carboxylic acids is 2. The summed E-state index contributed by atoms with van der Waals surface area (Å²) in [5.74, 6) is -3.18. The highest BCUT2D eigenvalue weighted by atomic mass is 16.6. The number of pyridine rings is 1. The van der Waals surface area contributed by atoms with E-state index in [-0.39, 0.29) is 31.2 Å². The lowest BCUT2D eigenvalue weighted by molar-refractivity contribution is -0.727. The van der Waals surface area contributed by atoms with Gasteiger partial charge in [0.1, 0.15) is 12.1 Å². The first-order chi connectivity index (χ1) is 16.2. The molecular weight excluding hydrogens is 444 g/mol. The van der Waals surface area contributed by atoms with Gasteiger partial charge >= 0.3 is 18.0 Å². The third-order valence-electron chi connectivity index (χ3n) is 4.93. The maximum Gasteiger partial charge on any atom is 0.412 e. The van der Waals surface area contributed by atoms with Gasteiger partial charge in [0.25, 0.3) is 12.6 Å². The van der Waals surface area contributed by atoms with Gasteiger partial charge in [0.05, 0.1) is 5.56 Å². The monoisotopic (exact) mass is 473 g/mol. The number of hydrogen-bond donors (Lipinski definition) is 5. The summed E-state index contributed by atoms with van der Waals surface area (Å²) in [6.07, 6.45) is 2.85. The van der Waals surface area contributed by atoms with Crippen LogP contribution in [0.25, 0.3) is 0 Å². The molecule has 1 aromatic heterocycles. The molecule has 0 bridgehead atoms. The fourth-order valence-corrected chi connectivity index (χ4v) is 3.06. The molecule has 0 saturated heterocycles. The summed E-state index contributed by atoms with van der Waals surface area (Å²) in [6.45, 7) is 1.78. The lowest BCUT2D eigenvalue weighted by Gasteiger charge is -2.15. The first-order valence-corrected chi connectivity index (χ1v) is 10.6. The number of rotatable bonds is 12. The topological polar surface area (TPSA) is 172 Å². The molecule has 0 aliphatic heterocycles. The van der Waals surface area contributed by atoms with E-state index >= 15 is 0 Å². The molecule has 3 atom stereocenters. The number of amides is 2. The van der Waals surface area contributed by atoms with Crippen LogP contribution in [0.5, 0.6) is 0 Å². The number of carbonyl (C=O) groups is 4. The van der Waals surface area contributed by atoms with Crippen molar-refractivity contribution in [3.8, 4) is 0 Å². The molecule has 1 heterocycles. The molecule has 0 aliphatic rings. The van der Waals surface area contributed by atoms with Crippen LogP contribution < -0.4 is 20.9 Å². The van der Waals surface area contributed by atoms with E-state index in [1.54, 1.807) is 0 Å². The molecule has 11 nitrogen and oxygen atoms in total. The molecule has 2 amide bonds. The molecular formula is C23H29N4O7+. The number of benzene rings is 1. The van der Waals surface area contributed by atoms with Crippen molar-refractivity contribution in [3.05, 3.63) is 66.0 Å². The predicted molar refractivity (Wildman–Crippen MR) is 120 cm³/mol. The number of nitrogens with one attached hydrogen (secondary N) is 2. The summed E-state index contributed by atoms with van der Waals surface area (Å²) < 4.78 is 6.71. The molecule has 0 radical (unpaired) electrons. The molecule has 0 aliphatic carbocycles. The third kappa shape index (κ3) is 8.87. The van der Waals surface area contributed by atoms with Crippen molar-refractivity contribution in [2.24, 2.45) is 5.73 Å². The van der Waals surface area contributed by atoms with Crippen molar-refractivity contribution in [1.82, 2.24) is 10.6 Å². The standard InChI is InChI=1S/C23H28N4O7/c1-15(13-16-5-3-2-4-6-16)25-23(33)34-14-27-11-9-17(10-12-27)20(28)26-19(22(31)32)8-7-18(24)21(29)30/h2-6,9-12,15,18-19H,7-8,13-14,24H2,1H3,(H3-,25,26,28,29,30,31,32,33)/p+1/t15-,18-,19-/m0/s1. The van der Waals surface area contributed by atoms with Crippen molar-refractivity contribution in [2.45, 2.75) is 51.0 Å². The zero-order valence-corrected chi connectivity index (χ0v) is 18.7. The summed E-state index contributed by atoms with van der Waals surface area (Å²) in [5, 5.41) is 23.2. The summed E-state index contributed by atoms with van der Waals surface area (Å²) >= 11 is 0. The number of carboxylic acid groups (broad SMARTS) is 2. The van der Waals surface area contributed by atoms with Gasteiger partial charge in [-0.3, -0.25) is 9.59 Å². The molecule has 0 fully saturated rings. The van der Waals surface area contributed by atoms with Crippen molar-refractivity contribution in [3.63, 3.8) is 0 Å². The van der Waals surface area contributed by atoms with Crippen LogP contribution in [0, 0.1) is 0 Å². The van der Waals surface area contributed by atoms with Gasteiger partial charge in [-0.05, 0) is 31.7 Å². The molecule has 0 unspecified atom stereocenters. The Morgan fingerprint density at radius 2 is 1.62 bits per heavy atom. The lowest BCUT2D eigenvalue weighted by atomic mass is 10.1. The fourth-order valence-electron chi connectivity index (χ4n) is 3.06. The molecule has 2 aromatic rings. The van der Waals surface area contributed by atoms with Crippen LogP contribution in [0.3, 0.4) is 0 Å². The molecule has 182 valence electrons. The van der Waals surface area contributed by atoms with Crippen LogP contribution in [0.15, 0.2) is 54.9 Å². The number of ether oxygens (including phenoxy) is 1. The molecule has 34 heavy (non-hydrogen) atoms. The van der Waals surface area contributed by atoms with Crippen LogP contribution in [-0.4, -0.2) is 52.3 Å². The van der Waals surface area contributed by atoms with Gasteiger partial charge in [-0.25, -0.2) is 9.59 Å². The first-order valence-electron chi connectivity index (χ1n) is 10.6. The van der Waals surface area contributed by atoms with Crippen molar-refractivity contribution < 1.29 is 38.7 Å². The molecule has 0 spiro atoms. The second-order valence-corrected chi connectivity index (χ2v) is 7.78. The Bertz CT molecular complexity index is 983. The number of carboxylic acids is 2. The van der Waals surface area contributed by atoms with Crippen LogP contribution in [-0.2, 0) is 27.5 Å². The largest absolute Gasteiger partial charge is 0.480 e. The lowest BCUT2D eigenvalue weighted by Crippen LogP contribution is -2.43. The number of aromatic nitrogens is 1. The minimum absolute atomic E-state index is 0.0867. The van der Waals surface area contributed by atoms with Gasteiger partial charge < -0.3 is 31.3 Å². The van der Waals surface area contributed by atoms with E-state index in [2.05, 4.69) is 10.6 Å². The fraction of sp³-hybridized carbons (Fsp3) is 0.348. The second-order valence-electron chi connectivity index (χ2n) is 7.78. The highest BCUT2D eigenvalue weighted by Crippen LogP contribution is 2.05. The SMILES string of the molecule is C[C@@H](Cc1ccccc1)NC(=O)OC[n+]1ccc(C(=O)N[C@@H](CC[C@H](N)C(=O)O)C(=O)O)cc1.